The molecule has 7 atom stereocenters. The molecule has 0 aromatic rings. The van der Waals surface area contributed by atoms with Crippen molar-refractivity contribution in [1.29, 1.82) is 0 Å². The van der Waals surface area contributed by atoms with Crippen LogP contribution in [0.15, 0.2) is 0 Å². The third-order valence-corrected chi connectivity index (χ3v) is 14.7. The summed E-state index contributed by atoms with van der Waals surface area (Å²) in [7, 11) is 0. The Morgan fingerprint density at radius 2 is 0.746 bits per heavy atom. The lowest BCUT2D eigenvalue weighted by Gasteiger charge is -2.40. The van der Waals surface area contributed by atoms with Crippen molar-refractivity contribution in [2.75, 3.05) is 13.2 Å². The van der Waals surface area contributed by atoms with Gasteiger partial charge in [0.25, 0.3) is 0 Å². The van der Waals surface area contributed by atoms with Gasteiger partial charge in [-0.15, -0.1) is 0 Å². The number of carbonyl (C=O) groups is 1. The van der Waals surface area contributed by atoms with Crippen molar-refractivity contribution < 1.29 is 39.8 Å². The van der Waals surface area contributed by atoms with Crippen molar-refractivity contribution in [2.45, 2.75) is 352 Å². The van der Waals surface area contributed by atoms with E-state index in [0.29, 0.717) is 12.8 Å². The fraction of sp³-hybridized carbons (Fsp3) is 0.983. The monoisotopic (exact) mass is 954 g/mol. The second-order valence-corrected chi connectivity index (χ2v) is 21.2. The smallest absolute Gasteiger partial charge is 0.220 e. The van der Waals surface area contributed by atoms with E-state index in [1.165, 1.54) is 231 Å². The summed E-state index contributed by atoms with van der Waals surface area (Å²) in [6, 6.07) is -0.710. The Morgan fingerprint density at radius 1 is 0.448 bits per heavy atom. The van der Waals surface area contributed by atoms with Crippen LogP contribution >= 0.6 is 0 Å². The van der Waals surface area contributed by atoms with E-state index < -0.39 is 49.5 Å². The van der Waals surface area contributed by atoms with E-state index in [-0.39, 0.29) is 12.5 Å². The molecule has 1 rings (SSSR count). The molecule has 1 saturated heterocycles. The molecule has 0 saturated carbocycles. The van der Waals surface area contributed by atoms with E-state index in [1.807, 2.05) is 0 Å². The number of aliphatic hydroxyl groups excluding tert-OH is 5. The Kier molecular flexibility index (Phi) is 46.8. The highest BCUT2D eigenvalue weighted by Gasteiger charge is 2.44. The van der Waals surface area contributed by atoms with Gasteiger partial charge in [-0.05, 0) is 12.8 Å². The number of ether oxygens (including phenoxy) is 2. The molecule has 0 aromatic heterocycles. The molecule has 0 spiro atoms. The molecule has 9 nitrogen and oxygen atoms in total. The number of nitrogens with one attached hydrogen (secondary N) is 1. The third-order valence-electron chi connectivity index (χ3n) is 14.7. The number of aliphatic hydroxyl groups is 5. The maximum atomic E-state index is 12.9. The summed E-state index contributed by atoms with van der Waals surface area (Å²) in [6.45, 7) is 3.77. The number of rotatable bonds is 52. The molecule has 1 fully saturated rings. The average molecular weight is 955 g/mol. The van der Waals surface area contributed by atoms with Crippen molar-refractivity contribution in [2.24, 2.45) is 0 Å². The first-order chi connectivity index (χ1) is 32.8. The summed E-state index contributed by atoms with van der Waals surface area (Å²) in [5.41, 5.74) is 0. The number of unbranched alkanes of at least 4 members (excludes halogenated alkanes) is 42. The van der Waals surface area contributed by atoms with Crippen molar-refractivity contribution in [3.63, 3.8) is 0 Å². The first-order valence-electron chi connectivity index (χ1n) is 29.7. The molecular formula is C58H115NO8. The highest BCUT2D eigenvalue weighted by atomic mass is 16.7. The van der Waals surface area contributed by atoms with Crippen LogP contribution in [0.25, 0.3) is 0 Å². The van der Waals surface area contributed by atoms with E-state index in [2.05, 4.69) is 19.2 Å². The number of amides is 1. The summed E-state index contributed by atoms with van der Waals surface area (Å²) in [6.07, 6.45) is 52.5. The van der Waals surface area contributed by atoms with Gasteiger partial charge in [-0.3, -0.25) is 4.79 Å². The normalized spacial score (nSPS) is 19.5. The van der Waals surface area contributed by atoms with Crippen LogP contribution in [0.5, 0.6) is 0 Å². The zero-order valence-electron chi connectivity index (χ0n) is 44.4. The summed E-state index contributed by atoms with van der Waals surface area (Å²) < 4.78 is 11.2. The molecule has 1 amide bonds. The Labute approximate surface area is 414 Å². The van der Waals surface area contributed by atoms with Gasteiger partial charge in [0.2, 0.25) is 5.91 Å². The van der Waals surface area contributed by atoms with Crippen molar-refractivity contribution in [3.05, 3.63) is 0 Å². The van der Waals surface area contributed by atoms with E-state index >= 15 is 0 Å². The zero-order chi connectivity index (χ0) is 48.7. The number of carbonyl (C=O) groups excluding carboxylic acids is 1. The zero-order valence-corrected chi connectivity index (χ0v) is 44.4. The predicted octanol–water partition coefficient (Wildman–Crippen LogP) is 14.6. The van der Waals surface area contributed by atoms with Crippen LogP contribution in [0.4, 0.5) is 0 Å². The topological polar surface area (TPSA) is 149 Å². The second kappa shape index (κ2) is 48.8. The minimum atomic E-state index is -1.55. The van der Waals surface area contributed by atoms with Gasteiger partial charge >= 0.3 is 0 Å². The summed E-state index contributed by atoms with van der Waals surface area (Å²) in [5, 5.41) is 54.0. The van der Waals surface area contributed by atoms with Gasteiger partial charge in [-0.1, -0.05) is 290 Å². The lowest BCUT2D eigenvalue weighted by atomic mass is 9.99. The van der Waals surface area contributed by atoms with E-state index in [9.17, 15) is 30.3 Å². The van der Waals surface area contributed by atoms with Crippen LogP contribution in [-0.2, 0) is 14.3 Å². The Morgan fingerprint density at radius 3 is 1.06 bits per heavy atom. The van der Waals surface area contributed by atoms with Gasteiger partial charge in [0.05, 0.1) is 25.4 Å². The molecular weight excluding hydrogens is 839 g/mol. The molecule has 0 aromatic carbocycles. The molecule has 1 heterocycles. The second-order valence-electron chi connectivity index (χ2n) is 21.2. The number of hydrogen-bond acceptors (Lipinski definition) is 8. The third kappa shape index (κ3) is 38.5. The fourth-order valence-corrected chi connectivity index (χ4v) is 9.99. The van der Waals surface area contributed by atoms with E-state index in [4.69, 9.17) is 9.47 Å². The lowest BCUT2D eigenvalue weighted by Crippen LogP contribution is -2.60. The SMILES string of the molecule is CCCCCCCCCCCCCCCCCCCCCCCCCCCCCCCCCCCCCCCCCC(=O)NC(COC1OC(CO)C(O)C(O)C1O)C(O)CCCCCCC. The summed E-state index contributed by atoms with van der Waals surface area (Å²) >= 11 is 0. The van der Waals surface area contributed by atoms with Crippen LogP contribution in [-0.4, -0.2) is 87.5 Å². The lowest BCUT2D eigenvalue weighted by molar-refractivity contribution is -0.302. The highest BCUT2D eigenvalue weighted by Crippen LogP contribution is 2.23. The molecule has 9 heteroatoms. The quantitative estimate of drug-likeness (QED) is 0.0330. The Balaban J connectivity index is 1.89. The van der Waals surface area contributed by atoms with Crippen molar-refractivity contribution in [1.82, 2.24) is 5.32 Å². The molecule has 0 aliphatic carbocycles. The van der Waals surface area contributed by atoms with Crippen LogP contribution < -0.4 is 5.32 Å². The van der Waals surface area contributed by atoms with Crippen LogP contribution in [0.1, 0.15) is 309 Å². The van der Waals surface area contributed by atoms with Gasteiger partial charge < -0.3 is 40.3 Å². The summed E-state index contributed by atoms with van der Waals surface area (Å²) in [5.74, 6) is -0.144. The molecule has 1 aliphatic rings. The molecule has 0 bridgehead atoms. The van der Waals surface area contributed by atoms with E-state index in [0.717, 1.165) is 51.4 Å². The van der Waals surface area contributed by atoms with Gasteiger partial charge in [-0.2, -0.15) is 0 Å². The van der Waals surface area contributed by atoms with Crippen LogP contribution in [0.3, 0.4) is 0 Å². The predicted molar refractivity (Wildman–Crippen MR) is 281 cm³/mol. The maximum absolute atomic E-state index is 12.9. The minimum Gasteiger partial charge on any atom is -0.394 e. The van der Waals surface area contributed by atoms with Crippen molar-refractivity contribution >= 4 is 5.91 Å². The van der Waals surface area contributed by atoms with Gasteiger partial charge in [-0.25, -0.2) is 0 Å². The van der Waals surface area contributed by atoms with Crippen LogP contribution in [0, 0.1) is 0 Å². The maximum Gasteiger partial charge on any atom is 0.220 e. The summed E-state index contributed by atoms with van der Waals surface area (Å²) in [4.78, 5) is 12.9. The standard InChI is InChI=1S/C58H115NO8/c1-3-5-7-9-10-11-12-13-14-15-16-17-18-19-20-21-22-23-24-25-26-27-28-29-30-31-32-33-34-35-36-37-38-39-40-41-42-44-46-48-54(62)59-51(52(61)47-45-43-8-6-4-2)50-66-58-57(65)56(64)55(63)53(49-60)67-58/h51-53,55-58,60-61,63-65H,3-50H2,1-2H3,(H,59,62). The van der Waals surface area contributed by atoms with Gasteiger partial charge in [0.15, 0.2) is 6.29 Å². The fourth-order valence-electron chi connectivity index (χ4n) is 9.99. The Bertz CT molecular complexity index is 1020. The van der Waals surface area contributed by atoms with Crippen LogP contribution in [0.2, 0.25) is 0 Å². The molecule has 7 unspecified atom stereocenters. The Hall–Kier alpha value is -0.810. The molecule has 1 aliphatic heterocycles. The molecule has 67 heavy (non-hydrogen) atoms. The largest absolute Gasteiger partial charge is 0.394 e. The first-order valence-corrected chi connectivity index (χ1v) is 29.7. The van der Waals surface area contributed by atoms with Crippen molar-refractivity contribution in [3.8, 4) is 0 Å². The average Bonchev–Trinajstić information content (AvgIpc) is 3.33. The molecule has 400 valence electrons. The number of hydrogen-bond donors (Lipinski definition) is 6. The van der Waals surface area contributed by atoms with E-state index in [1.54, 1.807) is 0 Å². The van der Waals surface area contributed by atoms with Gasteiger partial charge in [0.1, 0.15) is 24.4 Å². The van der Waals surface area contributed by atoms with Gasteiger partial charge in [0, 0.05) is 6.42 Å². The molecule has 6 N–H and O–H groups in total. The first kappa shape index (κ1) is 64.2. The minimum absolute atomic E-state index is 0.135. The highest BCUT2D eigenvalue weighted by molar-refractivity contribution is 5.76. The molecule has 0 radical (unpaired) electrons.